The first kappa shape index (κ1) is 12.3. The lowest BCUT2D eigenvalue weighted by Crippen LogP contribution is -1.76. The van der Waals surface area contributed by atoms with Gasteiger partial charge in [-0.15, -0.1) is 11.3 Å². The maximum absolute atomic E-state index is 4.58. The van der Waals surface area contributed by atoms with Crippen LogP contribution in [0, 0.1) is 6.92 Å². The predicted molar refractivity (Wildman–Crippen MR) is 82.4 cm³/mol. The first-order valence-corrected chi connectivity index (χ1v) is 8.13. The molecule has 0 bridgehead atoms. The van der Waals surface area contributed by atoms with Crippen molar-refractivity contribution in [2.75, 3.05) is 0 Å². The van der Waals surface area contributed by atoms with Crippen LogP contribution in [0.3, 0.4) is 0 Å². The summed E-state index contributed by atoms with van der Waals surface area (Å²) in [6.07, 6.45) is 0. The number of H-pyrrole nitrogens is 1. The molecule has 0 aliphatic rings. The first-order valence-electron chi connectivity index (χ1n) is 5.54. The Bertz CT molecular complexity index is 687. The molecule has 0 aliphatic carbocycles. The third-order valence-corrected chi connectivity index (χ3v) is 5.32. The Hall–Kier alpha value is -0.780. The van der Waals surface area contributed by atoms with Crippen molar-refractivity contribution in [3.05, 3.63) is 44.6 Å². The summed E-state index contributed by atoms with van der Waals surface area (Å²) in [4.78, 5) is 9.28. The summed E-state index contributed by atoms with van der Waals surface area (Å²) in [5, 5.41) is 0.986. The van der Waals surface area contributed by atoms with Crippen molar-refractivity contribution in [2.24, 2.45) is 0 Å². The summed E-state index contributed by atoms with van der Waals surface area (Å²) < 4.78 is 1.18. The Morgan fingerprint density at radius 1 is 1.33 bits per heavy atom. The summed E-state index contributed by atoms with van der Waals surface area (Å²) in [6, 6.07) is 10.5. The summed E-state index contributed by atoms with van der Waals surface area (Å²) in [5.74, 6) is 0.953. The zero-order chi connectivity index (χ0) is 12.5. The number of hydrogen-bond donors (Lipinski definition) is 1. The minimum absolute atomic E-state index is 0.953. The molecule has 5 heteroatoms. The summed E-state index contributed by atoms with van der Waals surface area (Å²) in [7, 11) is 0. The fourth-order valence-electron chi connectivity index (χ4n) is 1.74. The van der Waals surface area contributed by atoms with E-state index < -0.39 is 0 Å². The molecule has 0 aliphatic heterocycles. The Morgan fingerprint density at radius 2 is 2.22 bits per heavy atom. The molecule has 1 N–H and O–H groups in total. The van der Waals surface area contributed by atoms with Gasteiger partial charge in [-0.05, 0) is 52.7 Å². The van der Waals surface area contributed by atoms with E-state index in [2.05, 4.69) is 63.2 Å². The van der Waals surface area contributed by atoms with Crippen LogP contribution in [0.5, 0.6) is 0 Å². The lowest BCUT2D eigenvalue weighted by molar-refractivity contribution is 1.08. The Kier molecular flexibility index (Phi) is 3.46. The molecular weight excluding hydrogens is 328 g/mol. The number of hydrogen-bond acceptors (Lipinski definition) is 3. The van der Waals surface area contributed by atoms with Gasteiger partial charge < -0.3 is 4.98 Å². The van der Waals surface area contributed by atoms with Crippen LogP contribution in [0.4, 0.5) is 0 Å². The number of nitrogens with one attached hydrogen (secondary N) is 1. The van der Waals surface area contributed by atoms with Crippen LogP contribution in [0.2, 0.25) is 0 Å². The minimum atomic E-state index is 0.953. The van der Waals surface area contributed by atoms with Gasteiger partial charge in [0.1, 0.15) is 0 Å². The van der Waals surface area contributed by atoms with Crippen molar-refractivity contribution in [3.8, 4) is 0 Å². The molecule has 0 unspecified atom stereocenters. The maximum atomic E-state index is 4.58. The zero-order valence-corrected chi connectivity index (χ0v) is 13.0. The van der Waals surface area contributed by atoms with Gasteiger partial charge in [0, 0.05) is 10.6 Å². The maximum Gasteiger partial charge on any atom is 0.166 e. The van der Waals surface area contributed by atoms with Crippen molar-refractivity contribution in [1.82, 2.24) is 9.97 Å². The highest BCUT2D eigenvalue weighted by molar-refractivity contribution is 9.11. The third-order valence-electron chi connectivity index (χ3n) is 2.60. The first-order chi connectivity index (χ1) is 8.70. The minimum Gasteiger partial charge on any atom is -0.333 e. The van der Waals surface area contributed by atoms with Crippen LogP contribution in [0.15, 0.2) is 39.3 Å². The van der Waals surface area contributed by atoms with E-state index in [0.717, 1.165) is 21.9 Å². The smallest absolute Gasteiger partial charge is 0.166 e. The van der Waals surface area contributed by atoms with Crippen molar-refractivity contribution >= 4 is 50.1 Å². The van der Waals surface area contributed by atoms with Gasteiger partial charge in [0.05, 0.1) is 14.8 Å². The molecule has 0 amide bonds. The van der Waals surface area contributed by atoms with Gasteiger partial charge in [-0.25, -0.2) is 4.98 Å². The molecular formula is C13H11BrN2S2. The second-order valence-electron chi connectivity index (χ2n) is 4.06. The summed E-state index contributed by atoms with van der Waals surface area (Å²) >= 11 is 6.99. The fraction of sp³-hybridized carbons (Fsp3) is 0.154. The highest BCUT2D eigenvalue weighted by Crippen LogP contribution is 2.29. The van der Waals surface area contributed by atoms with E-state index in [0.29, 0.717) is 0 Å². The van der Waals surface area contributed by atoms with Gasteiger partial charge in [0.25, 0.3) is 0 Å². The van der Waals surface area contributed by atoms with Crippen LogP contribution in [0.25, 0.3) is 11.0 Å². The molecule has 1 aromatic carbocycles. The molecule has 0 radical (unpaired) electrons. The highest BCUT2D eigenvalue weighted by Gasteiger charge is 2.05. The highest BCUT2D eigenvalue weighted by atomic mass is 79.9. The number of thiophene rings is 1. The number of rotatable bonds is 3. The Labute approximate surface area is 122 Å². The van der Waals surface area contributed by atoms with Gasteiger partial charge >= 0.3 is 0 Å². The SMILES string of the molecule is Cc1ccc2nc(SCc3ccc(Br)s3)[nH]c2c1. The topological polar surface area (TPSA) is 28.7 Å². The fourth-order valence-corrected chi connectivity index (χ4v) is 4.15. The lowest BCUT2D eigenvalue weighted by atomic mass is 10.2. The number of aryl methyl sites for hydroxylation is 1. The van der Waals surface area contributed by atoms with E-state index in [-0.39, 0.29) is 0 Å². The van der Waals surface area contributed by atoms with Gasteiger partial charge in [0.2, 0.25) is 0 Å². The number of thioether (sulfide) groups is 1. The van der Waals surface area contributed by atoms with Gasteiger partial charge in [-0.2, -0.15) is 0 Å². The van der Waals surface area contributed by atoms with Crippen LogP contribution in [-0.2, 0) is 5.75 Å². The monoisotopic (exact) mass is 338 g/mol. The van der Waals surface area contributed by atoms with Crippen molar-refractivity contribution in [2.45, 2.75) is 17.8 Å². The van der Waals surface area contributed by atoms with Crippen LogP contribution < -0.4 is 0 Å². The summed E-state index contributed by atoms with van der Waals surface area (Å²) in [6.45, 7) is 2.09. The normalized spacial score (nSPS) is 11.2. The largest absolute Gasteiger partial charge is 0.333 e. The molecule has 92 valence electrons. The number of imidazole rings is 1. The van der Waals surface area contributed by atoms with Crippen molar-refractivity contribution in [1.29, 1.82) is 0 Å². The van der Waals surface area contributed by atoms with Crippen LogP contribution >= 0.6 is 39.0 Å². The lowest BCUT2D eigenvalue weighted by Gasteiger charge is -1.93. The molecule has 2 nitrogen and oxygen atoms in total. The average Bonchev–Trinajstić information content (AvgIpc) is 2.92. The van der Waals surface area contributed by atoms with Crippen LogP contribution in [0.1, 0.15) is 10.4 Å². The zero-order valence-electron chi connectivity index (χ0n) is 9.74. The molecule has 0 saturated carbocycles. The average molecular weight is 339 g/mol. The number of nitrogens with zero attached hydrogens (tertiary/aromatic N) is 1. The van der Waals surface area contributed by atoms with Crippen molar-refractivity contribution < 1.29 is 0 Å². The second-order valence-corrected chi connectivity index (χ2v) is 7.57. The van der Waals surface area contributed by atoms with E-state index in [1.165, 1.54) is 14.2 Å². The van der Waals surface area contributed by atoms with E-state index in [1.54, 1.807) is 23.1 Å². The quantitative estimate of drug-likeness (QED) is 0.681. The molecule has 0 saturated heterocycles. The van der Waals surface area contributed by atoms with E-state index in [9.17, 15) is 0 Å². The number of benzene rings is 1. The third kappa shape index (κ3) is 2.63. The number of halogens is 1. The Balaban J connectivity index is 1.78. The summed E-state index contributed by atoms with van der Waals surface area (Å²) in [5.41, 5.74) is 3.41. The molecule has 3 rings (SSSR count). The molecule has 3 aromatic rings. The van der Waals surface area contributed by atoms with Gasteiger partial charge in [-0.3, -0.25) is 0 Å². The van der Waals surface area contributed by atoms with Gasteiger partial charge in [-0.1, -0.05) is 17.8 Å². The van der Waals surface area contributed by atoms with E-state index >= 15 is 0 Å². The molecule has 18 heavy (non-hydrogen) atoms. The van der Waals surface area contributed by atoms with E-state index in [4.69, 9.17) is 0 Å². The van der Waals surface area contributed by atoms with Gasteiger partial charge in [0.15, 0.2) is 5.16 Å². The number of aromatic nitrogens is 2. The second kappa shape index (κ2) is 5.07. The molecule has 2 aromatic heterocycles. The number of aromatic amines is 1. The van der Waals surface area contributed by atoms with Crippen molar-refractivity contribution in [3.63, 3.8) is 0 Å². The number of fused-ring (bicyclic) bond motifs is 1. The standard InChI is InChI=1S/C13H11BrN2S2/c1-8-2-4-10-11(6-8)16-13(15-10)17-7-9-3-5-12(14)18-9/h2-6H,7H2,1H3,(H,15,16). The van der Waals surface area contributed by atoms with E-state index in [1.807, 2.05) is 0 Å². The predicted octanol–water partition coefficient (Wildman–Crippen LogP) is 4.99. The molecule has 0 fully saturated rings. The molecule has 0 spiro atoms. The van der Waals surface area contributed by atoms with Crippen LogP contribution in [-0.4, -0.2) is 9.97 Å². The molecule has 0 atom stereocenters. The Morgan fingerprint density at radius 3 is 3.00 bits per heavy atom. The molecule has 2 heterocycles.